The second-order valence-electron chi connectivity index (χ2n) is 4.06. The first kappa shape index (κ1) is 13.7. The molecule has 0 atom stereocenters. The van der Waals surface area contributed by atoms with E-state index in [2.05, 4.69) is 60.1 Å². The van der Waals surface area contributed by atoms with E-state index in [9.17, 15) is 0 Å². The van der Waals surface area contributed by atoms with Crippen LogP contribution in [0.1, 0.15) is 24.3 Å². The number of rotatable bonds is 6. The van der Waals surface area contributed by atoms with Gasteiger partial charge in [-0.2, -0.15) is 0 Å². The molecule has 0 fully saturated rings. The molecule has 19 heavy (non-hydrogen) atoms. The molecule has 0 aliphatic rings. The van der Waals surface area contributed by atoms with Gasteiger partial charge >= 0.3 is 0 Å². The molecule has 2 rings (SSSR count). The van der Waals surface area contributed by atoms with Crippen molar-refractivity contribution in [2.75, 3.05) is 18.5 Å². The predicted molar refractivity (Wildman–Crippen MR) is 85.0 cm³/mol. The Morgan fingerprint density at radius 3 is 2.79 bits per heavy atom. The molecule has 1 aromatic heterocycles. The van der Waals surface area contributed by atoms with Crippen molar-refractivity contribution in [1.82, 2.24) is 0 Å². The summed E-state index contributed by atoms with van der Waals surface area (Å²) in [5.74, 6) is 0.925. The number of ether oxygens (including phenoxy) is 1. The maximum atomic E-state index is 5.71. The van der Waals surface area contributed by atoms with E-state index in [1.807, 2.05) is 6.92 Å². The summed E-state index contributed by atoms with van der Waals surface area (Å²) in [6.07, 6.45) is 4.22. The summed E-state index contributed by atoms with van der Waals surface area (Å²) in [5.41, 5.74) is 2.20. The van der Waals surface area contributed by atoms with Gasteiger partial charge in [-0.05, 0) is 49.6 Å². The summed E-state index contributed by atoms with van der Waals surface area (Å²) in [7, 11) is 0. The minimum atomic E-state index is 0.676. The average molecular weight is 273 g/mol. The summed E-state index contributed by atoms with van der Waals surface area (Å²) >= 11 is 1.73. The number of benzene rings is 1. The van der Waals surface area contributed by atoms with Crippen molar-refractivity contribution in [3.05, 3.63) is 46.2 Å². The minimum Gasteiger partial charge on any atom is -0.493 e. The van der Waals surface area contributed by atoms with Crippen LogP contribution in [0.3, 0.4) is 0 Å². The van der Waals surface area contributed by atoms with E-state index >= 15 is 0 Å². The highest BCUT2D eigenvalue weighted by molar-refractivity contribution is 7.10. The molecule has 0 saturated heterocycles. The van der Waals surface area contributed by atoms with Crippen molar-refractivity contribution < 1.29 is 4.74 Å². The summed E-state index contributed by atoms with van der Waals surface area (Å²) in [4.78, 5) is 1.25. The molecule has 0 spiro atoms. The normalized spacial score (nSPS) is 10.8. The Bertz CT molecular complexity index is 532. The van der Waals surface area contributed by atoms with E-state index in [0.29, 0.717) is 6.61 Å². The fraction of sp³-hybridized carbons (Fsp3) is 0.250. The fourth-order valence-electron chi connectivity index (χ4n) is 1.82. The van der Waals surface area contributed by atoms with Crippen molar-refractivity contribution >= 4 is 29.2 Å². The highest BCUT2D eigenvalue weighted by Gasteiger charge is 2.02. The Balaban J connectivity index is 2.23. The summed E-state index contributed by atoms with van der Waals surface area (Å²) in [5, 5.41) is 5.38. The molecule has 0 aliphatic carbocycles. The Morgan fingerprint density at radius 1 is 1.21 bits per heavy atom. The number of thiophene rings is 1. The average Bonchev–Trinajstić information content (AvgIpc) is 2.92. The summed E-state index contributed by atoms with van der Waals surface area (Å²) < 4.78 is 5.71. The smallest absolute Gasteiger partial charge is 0.128 e. The predicted octanol–water partition coefficient (Wildman–Crippen LogP) is 4.75. The first-order valence-corrected chi connectivity index (χ1v) is 7.43. The van der Waals surface area contributed by atoms with Crippen LogP contribution in [0.4, 0.5) is 5.69 Å². The molecular weight excluding hydrogens is 254 g/mol. The van der Waals surface area contributed by atoms with E-state index in [4.69, 9.17) is 4.74 Å². The van der Waals surface area contributed by atoms with Crippen LogP contribution < -0.4 is 10.1 Å². The lowest BCUT2D eigenvalue weighted by Crippen LogP contribution is -1.99. The van der Waals surface area contributed by atoms with Crippen molar-refractivity contribution in [2.45, 2.75) is 13.8 Å². The zero-order valence-corrected chi connectivity index (χ0v) is 12.2. The molecule has 0 unspecified atom stereocenters. The van der Waals surface area contributed by atoms with Crippen LogP contribution in [0.5, 0.6) is 5.75 Å². The lowest BCUT2D eigenvalue weighted by atomic mass is 10.1. The Morgan fingerprint density at radius 2 is 2.11 bits per heavy atom. The molecule has 0 saturated carbocycles. The van der Waals surface area contributed by atoms with Gasteiger partial charge in [0.15, 0.2) is 0 Å². The molecule has 3 heteroatoms. The van der Waals surface area contributed by atoms with E-state index in [0.717, 1.165) is 23.5 Å². The topological polar surface area (TPSA) is 21.3 Å². The number of hydrogen-bond donors (Lipinski definition) is 1. The molecule has 0 radical (unpaired) electrons. The van der Waals surface area contributed by atoms with Gasteiger partial charge in [-0.25, -0.2) is 0 Å². The van der Waals surface area contributed by atoms with Gasteiger partial charge in [0.2, 0.25) is 0 Å². The third-order valence-corrected chi connectivity index (χ3v) is 3.50. The number of hydrogen-bond acceptors (Lipinski definition) is 3. The van der Waals surface area contributed by atoms with Crippen LogP contribution in [0.2, 0.25) is 0 Å². The largest absolute Gasteiger partial charge is 0.493 e. The van der Waals surface area contributed by atoms with Gasteiger partial charge in [0.25, 0.3) is 0 Å². The third kappa shape index (κ3) is 3.86. The zero-order chi connectivity index (χ0) is 13.5. The third-order valence-electron chi connectivity index (χ3n) is 2.66. The highest BCUT2D eigenvalue weighted by Crippen LogP contribution is 2.26. The maximum Gasteiger partial charge on any atom is 0.128 e. The lowest BCUT2D eigenvalue weighted by Gasteiger charge is -2.10. The molecule has 1 heterocycles. The van der Waals surface area contributed by atoms with Crippen LogP contribution in [0.25, 0.3) is 12.2 Å². The van der Waals surface area contributed by atoms with Crippen LogP contribution >= 0.6 is 11.3 Å². The van der Waals surface area contributed by atoms with Crippen molar-refractivity contribution in [3.63, 3.8) is 0 Å². The molecule has 1 N–H and O–H groups in total. The monoisotopic (exact) mass is 273 g/mol. The zero-order valence-electron chi connectivity index (χ0n) is 11.3. The first-order chi connectivity index (χ1) is 9.33. The second kappa shape index (κ2) is 7.00. The van der Waals surface area contributed by atoms with Crippen LogP contribution in [0.15, 0.2) is 35.7 Å². The molecule has 0 bridgehead atoms. The van der Waals surface area contributed by atoms with Gasteiger partial charge in [-0.3, -0.25) is 0 Å². The molecule has 100 valence electrons. The summed E-state index contributed by atoms with van der Waals surface area (Å²) in [6, 6.07) is 10.4. The molecule has 0 amide bonds. The maximum absolute atomic E-state index is 5.71. The fourth-order valence-corrected chi connectivity index (χ4v) is 2.44. The Labute approximate surface area is 118 Å². The van der Waals surface area contributed by atoms with Crippen LogP contribution in [-0.4, -0.2) is 13.2 Å². The van der Waals surface area contributed by atoms with E-state index in [1.165, 1.54) is 4.88 Å². The van der Waals surface area contributed by atoms with E-state index in [-0.39, 0.29) is 0 Å². The lowest BCUT2D eigenvalue weighted by molar-refractivity contribution is 0.339. The molecule has 0 aliphatic heterocycles. The van der Waals surface area contributed by atoms with Gasteiger partial charge in [0.05, 0.1) is 6.61 Å². The molecule has 1 aromatic carbocycles. The van der Waals surface area contributed by atoms with Crippen molar-refractivity contribution in [1.29, 1.82) is 0 Å². The van der Waals surface area contributed by atoms with Crippen LogP contribution in [0, 0.1) is 0 Å². The molecular formula is C16H19NOS. The molecule has 2 nitrogen and oxygen atoms in total. The van der Waals surface area contributed by atoms with Crippen molar-refractivity contribution in [3.8, 4) is 5.75 Å². The Hall–Kier alpha value is -1.74. The highest BCUT2D eigenvalue weighted by atomic mass is 32.1. The van der Waals surface area contributed by atoms with Crippen molar-refractivity contribution in [2.24, 2.45) is 0 Å². The van der Waals surface area contributed by atoms with Gasteiger partial charge < -0.3 is 10.1 Å². The SMILES string of the molecule is CCNc1ccc(/C=C/c2cccs2)c(OCC)c1. The van der Waals surface area contributed by atoms with E-state index in [1.54, 1.807) is 11.3 Å². The summed E-state index contributed by atoms with van der Waals surface area (Å²) in [6.45, 7) is 5.68. The van der Waals surface area contributed by atoms with Gasteiger partial charge in [0, 0.05) is 28.7 Å². The standard InChI is InChI=1S/C16H19NOS/c1-3-17-14-9-7-13(16(12-14)18-4-2)8-10-15-6-5-11-19-15/h5-12,17H,3-4H2,1-2H3/b10-8+. The second-order valence-corrected chi connectivity index (χ2v) is 5.04. The van der Waals surface area contributed by atoms with E-state index < -0.39 is 0 Å². The van der Waals surface area contributed by atoms with Gasteiger partial charge in [-0.15, -0.1) is 11.3 Å². The minimum absolute atomic E-state index is 0.676. The number of anilines is 1. The van der Waals surface area contributed by atoms with Crippen LogP contribution in [-0.2, 0) is 0 Å². The Kier molecular flexibility index (Phi) is 5.04. The van der Waals surface area contributed by atoms with Gasteiger partial charge in [-0.1, -0.05) is 6.07 Å². The first-order valence-electron chi connectivity index (χ1n) is 6.55. The van der Waals surface area contributed by atoms with Gasteiger partial charge in [0.1, 0.15) is 5.75 Å². The molecule has 2 aromatic rings. The number of nitrogens with one attached hydrogen (secondary N) is 1. The quantitative estimate of drug-likeness (QED) is 0.820.